The molecule has 1 heterocycles. The number of furan rings is 1. The molecular formula is C17H21NO2. The highest BCUT2D eigenvalue weighted by Crippen LogP contribution is 2.11. The minimum atomic E-state index is 0.0816. The average Bonchev–Trinajstić information content (AvgIpc) is 2.92. The lowest BCUT2D eigenvalue weighted by atomic mass is 10.0. The van der Waals surface area contributed by atoms with E-state index in [1.54, 1.807) is 6.26 Å². The Bertz CT molecular complexity index is 558. The van der Waals surface area contributed by atoms with Gasteiger partial charge in [-0.25, -0.2) is 0 Å². The molecule has 0 spiro atoms. The van der Waals surface area contributed by atoms with Crippen molar-refractivity contribution < 1.29 is 9.21 Å². The Balaban J connectivity index is 1.73. The summed E-state index contributed by atoms with van der Waals surface area (Å²) >= 11 is 0. The lowest BCUT2D eigenvalue weighted by molar-refractivity contribution is -0.120. The van der Waals surface area contributed by atoms with Gasteiger partial charge in [0.05, 0.1) is 12.7 Å². The van der Waals surface area contributed by atoms with E-state index in [1.165, 1.54) is 11.1 Å². The van der Waals surface area contributed by atoms with Crippen LogP contribution in [0.4, 0.5) is 0 Å². The van der Waals surface area contributed by atoms with Crippen molar-refractivity contribution in [3.05, 3.63) is 59.0 Å². The summed E-state index contributed by atoms with van der Waals surface area (Å²) in [6.45, 7) is 4.77. The Morgan fingerprint density at radius 1 is 1.25 bits per heavy atom. The molecule has 0 aliphatic heterocycles. The molecule has 0 saturated heterocycles. The molecule has 2 rings (SSSR count). The highest BCUT2D eigenvalue weighted by Gasteiger charge is 2.06. The molecule has 0 radical (unpaired) electrons. The molecule has 0 fully saturated rings. The zero-order valence-corrected chi connectivity index (χ0v) is 12.1. The van der Waals surface area contributed by atoms with E-state index in [0.717, 1.165) is 24.2 Å². The number of rotatable bonds is 6. The number of hydrogen-bond donors (Lipinski definition) is 1. The van der Waals surface area contributed by atoms with E-state index in [2.05, 4.69) is 23.5 Å². The molecule has 1 N–H and O–H groups in total. The van der Waals surface area contributed by atoms with E-state index in [-0.39, 0.29) is 5.91 Å². The first-order valence-corrected chi connectivity index (χ1v) is 7.00. The van der Waals surface area contributed by atoms with Gasteiger partial charge in [0.2, 0.25) is 5.91 Å². The van der Waals surface area contributed by atoms with Crippen molar-refractivity contribution >= 4 is 5.91 Å². The Morgan fingerprint density at radius 2 is 2.10 bits per heavy atom. The normalized spacial score (nSPS) is 10.5. The SMILES string of the molecule is Cc1ccc(C)c(CC(=O)NCCCc2ccco2)c1. The van der Waals surface area contributed by atoms with Crippen LogP contribution in [0.2, 0.25) is 0 Å². The third-order valence-corrected chi connectivity index (χ3v) is 3.36. The van der Waals surface area contributed by atoms with Crippen molar-refractivity contribution in [1.82, 2.24) is 5.32 Å². The fourth-order valence-corrected chi connectivity index (χ4v) is 2.17. The summed E-state index contributed by atoms with van der Waals surface area (Å²) < 4.78 is 5.25. The first-order valence-electron chi connectivity index (χ1n) is 7.00. The monoisotopic (exact) mass is 271 g/mol. The maximum absolute atomic E-state index is 11.9. The third kappa shape index (κ3) is 4.26. The number of carbonyl (C=O) groups excluding carboxylic acids is 1. The van der Waals surface area contributed by atoms with Crippen LogP contribution in [0.5, 0.6) is 0 Å². The lowest BCUT2D eigenvalue weighted by Crippen LogP contribution is -2.26. The van der Waals surface area contributed by atoms with Gasteiger partial charge in [0.25, 0.3) is 0 Å². The molecule has 0 atom stereocenters. The van der Waals surface area contributed by atoms with Gasteiger partial charge in [-0.2, -0.15) is 0 Å². The number of nitrogens with one attached hydrogen (secondary N) is 1. The van der Waals surface area contributed by atoms with Crippen LogP contribution in [0.1, 0.15) is 28.9 Å². The number of amides is 1. The molecule has 0 aliphatic rings. The van der Waals surface area contributed by atoms with Crippen LogP contribution < -0.4 is 5.32 Å². The lowest BCUT2D eigenvalue weighted by Gasteiger charge is -2.08. The van der Waals surface area contributed by atoms with Crippen LogP contribution in [-0.2, 0) is 17.6 Å². The van der Waals surface area contributed by atoms with Gasteiger partial charge in [-0.15, -0.1) is 0 Å². The van der Waals surface area contributed by atoms with Crippen molar-refractivity contribution in [2.24, 2.45) is 0 Å². The maximum atomic E-state index is 11.9. The Labute approximate surface area is 120 Å². The van der Waals surface area contributed by atoms with Crippen molar-refractivity contribution in [1.29, 1.82) is 0 Å². The molecule has 1 amide bonds. The van der Waals surface area contributed by atoms with E-state index < -0.39 is 0 Å². The van der Waals surface area contributed by atoms with E-state index in [1.807, 2.05) is 26.0 Å². The predicted molar refractivity (Wildman–Crippen MR) is 79.7 cm³/mol. The van der Waals surface area contributed by atoms with Crippen LogP contribution in [0, 0.1) is 13.8 Å². The van der Waals surface area contributed by atoms with E-state index in [0.29, 0.717) is 13.0 Å². The van der Waals surface area contributed by atoms with Gasteiger partial charge in [0.15, 0.2) is 0 Å². The zero-order valence-electron chi connectivity index (χ0n) is 12.1. The third-order valence-electron chi connectivity index (χ3n) is 3.36. The first-order chi connectivity index (χ1) is 9.65. The summed E-state index contributed by atoms with van der Waals surface area (Å²) in [6, 6.07) is 10.1. The van der Waals surface area contributed by atoms with Crippen LogP contribution in [0.15, 0.2) is 41.0 Å². The van der Waals surface area contributed by atoms with Crippen molar-refractivity contribution in [3.63, 3.8) is 0 Å². The van der Waals surface area contributed by atoms with Gasteiger partial charge in [-0.3, -0.25) is 4.79 Å². The smallest absolute Gasteiger partial charge is 0.224 e. The molecule has 0 saturated carbocycles. The first kappa shape index (κ1) is 14.4. The second kappa shape index (κ2) is 6.94. The molecule has 3 nitrogen and oxygen atoms in total. The maximum Gasteiger partial charge on any atom is 0.224 e. The van der Waals surface area contributed by atoms with Crippen molar-refractivity contribution in [2.75, 3.05) is 6.54 Å². The molecular weight excluding hydrogens is 250 g/mol. The molecule has 2 aromatic rings. The summed E-state index contributed by atoms with van der Waals surface area (Å²) in [5.74, 6) is 1.05. The topological polar surface area (TPSA) is 42.2 Å². The van der Waals surface area contributed by atoms with Gasteiger partial charge in [-0.05, 0) is 43.5 Å². The predicted octanol–water partition coefficient (Wildman–Crippen LogP) is 3.19. The van der Waals surface area contributed by atoms with Crippen molar-refractivity contribution in [2.45, 2.75) is 33.1 Å². The van der Waals surface area contributed by atoms with Gasteiger partial charge < -0.3 is 9.73 Å². The second-order valence-corrected chi connectivity index (χ2v) is 5.14. The van der Waals surface area contributed by atoms with E-state index in [9.17, 15) is 4.79 Å². The molecule has 1 aromatic carbocycles. The minimum Gasteiger partial charge on any atom is -0.469 e. The number of benzene rings is 1. The fourth-order valence-electron chi connectivity index (χ4n) is 2.17. The molecule has 1 aromatic heterocycles. The summed E-state index contributed by atoms with van der Waals surface area (Å²) in [6.07, 6.45) is 3.88. The van der Waals surface area contributed by atoms with Gasteiger partial charge in [-0.1, -0.05) is 23.8 Å². The van der Waals surface area contributed by atoms with E-state index in [4.69, 9.17) is 4.42 Å². The molecule has 106 valence electrons. The fraction of sp³-hybridized carbons (Fsp3) is 0.353. The summed E-state index contributed by atoms with van der Waals surface area (Å²) in [7, 11) is 0. The number of aryl methyl sites for hydroxylation is 3. The van der Waals surface area contributed by atoms with Crippen molar-refractivity contribution in [3.8, 4) is 0 Å². The summed E-state index contributed by atoms with van der Waals surface area (Å²) in [5.41, 5.74) is 3.46. The number of hydrogen-bond acceptors (Lipinski definition) is 2. The van der Waals surface area contributed by atoms with Gasteiger partial charge in [0, 0.05) is 13.0 Å². The quantitative estimate of drug-likeness (QED) is 0.820. The van der Waals surface area contributed by atoms with Crippen LogP contribution in [0.3, 0.4) is 0 Å². The average molecular weight is 271 g/mol. The summed E-state index contributed by atoms with van der Waals surface area (Å²) in [4.78, 5) is 11.9. The molecule has 0 unspecified atom stereocenters. The molecule has 3 heteroatoms. The van der Waals surface area contributed by atoms with Crippen LogP contribution in [0.25, 0.3) is 0 Å². The standard InChI is InChI=1S/C17H21NO2/c1-13-7-8-14(2)15(11-13)12-17(19)18-9-3-5-16-6-4-10-20-16/h4,6-8,10-11H,3,5,9,12H2,1-2H3,(H,18,19). The van der Waals surface area contributed by atoms with Gasteiger partial charge in [0.1, 0.15) is 5.76 Å². The largest absolute Gasteiger partial charge is 0.469 e. The Hall–Kier alpha value is -2.03. The Morgan fingerprint density at radius 3 is 2.85 bits per heavy atom. The zero-order chi connectivity index (χ0) is 14.4. The second-order valence-electron chi connectivity index (χ2n) is 5.14. The van der Waals surface area contributed by atoms with Gasteiger partial charge >= 0.3 is 0 Å². The van der Waals surface area contributed by atoms with E-state index >= 15 is 0 Å². The highest BCUT2D eigenvalue weighted by molar-refractivity contribution is 5.78. The van der Waals surface area contributed by atoms with Crippen LogP contribution in [-0.4, -0.2) is 12.5 Å². The molecule has 0 bridgehead atoms. The molecule has 20 heavy (non-hydrogen) atoms. The van der Waals surface area contributed by atoms with Crippen LogP contribution >= 0.6 is 0 Å². The molecule has 0 aliphatic carbocycles. The minimum absolute atomic E-state index is 0.0816. The number of carbonyl (C=O) groups is 1. The summed E-state index contributed by atoms with van der Waals surface area (Å²) in [5, 5.41) is 2.96. The highest BCUT2D eigenvalue weighted by atomic mass is 16.3. The Kier molecular flexibility index (Phi) is 4.99.